The standard InChI is InChI=1S/C11H13ClO/c1-3-4-11(13)9-5-6-10(12)8(2)7-9/h3,5-7,11,13H,1,4H2,2H3/t11-/m1/s1. The van der Waals surface area contributed by atoms with Crippen molar-refractivity contribution in [2.24, 2.45) is 0 Å². The van der Waals surface area contributed by atoms with E-state index < -0.39 is 6.10 Å². The van der Waals surface area contributed by atoms with Gasteiger partial charge >= 0.3 is 0 Å². The zero-order valence-electron chi connectivity index (χ0n) is 7.63. The van der Waals surface area contributed by atoms with Gasteiger partial charge < -0.3 is 5.11 Å². The summed E-state index contributed by atoms with van der Waals surface area (Å²) in [5.41, 5.74) is 1.88. The van der Waals surface area contributed by atoms with Gasteiger partial charge in [0, 0.05) is 5.02 Å². The fourth-order valence-corrected chi connectivity index (χ4v) is 1.29. The summed E-state index contributed by atoms with van der Waals surface area (Å²) in [5, 5.41) is 10.4. The molecular formula is C11H13ClO. The Kier molecular flexibility index (Phi) is 3.52. The predicted molar refractivity (Wildman–Crippen MR) is 56.0 cm³/mol. The summed E-state index contributed by atoms with van der Waals surface area (Å²) in [6.07, 6.45) is 1.81. The van der Waals surface area contributed by atoms with Crippen molar-refractivity contribution in [2.45, 2.75) is 19.4 Å². The van der Waals surface area contributed by atoms with E-state index in [0.717, 1.165) is 16.1 Å². The van der Waals surface area contributed by atoms with E-state index in [1.165, 1.54) is 0 Å². The molecule has 0 aliphatic heterocycles. The molecule has 0 heterocycles. The first-order chi connectivity index (χ1) is 6.15. The van der Waals surface area contributed by atoms with Gasteiger partial charge in [-0.2, -0.15) is 0 Å². The lowest BCUT2D eigenvalue weighted by Gasteiger charge is -2.09. The van der Waals surface area contributed by atoms with Crippen LogP contribution in [0.4, 0.5) is 0 Å². The van der Waals surface area contributed by atoms with Crippen molar-refractivity contribution in [1.82, 2.24) is 0 Å². The van der Waals surface area contributed by atoms with Gasteiger partial charge in [0.2, 0.25) is 0 Å². The van der Waals surface area contributed by atoms with Gasteiger partial charge in [0.05, 0.1) is 6.10 Å². The number of aliphatic hydroxyl groups is 1. The molecule has 1 atom stereocenters. The predicted octanol–water partition coefficient (Wildman–Crippen LogP) is 3.26. The molecular weight excluding hydrogens is 184 g/mol. The average molecular weight is 197 g/mol. The molecule has 0 aromatic heterocycles. The van der Waals surface area contributed by atoms with Crippen molar-refractivity contribution in [3.8, 4) is 0 Å². The summed E-state index contributed by atoms with van der Waals surface area (Å²) < 4.78 is 0. The number of benzene rings is 1. The molecule has 1 N–H and O–H groups in total. The second kappa shape index (κ2) is 4.45. The fraction of sp³-hybridized carbons (Fsp3) is 0.273. The molecule has 0 fully saturated rings. The summed E-state index contributed by atoms with van der Waals surface area (Å²) in [4.78, 5) is 0. The van der Waals surface area contributed by atoms with Gasteiger partial charge in [0.15, 0.2) is 0 Å². The van der Waals surface area contributed by atoms with Gasteiger partial charge in [-0.1, -0.05) is 29.8 Å². The molecule has 1 aromatic carbocycles. The van der Waals surface area contributed by atoms with E-state index in [9.17, 15) is 5.11 Å². The van der Waals surface area contributed by atoms with Crippen LogP contribution in [-0.2, 0) is 0 Å². The second-order valence-corrected chi connectivity index (χ2v) is 3.46. The van der Waals surface area contributed by atoms with E-state index in [-0.39, 0.29) is 0 Å². The van der Waals surface area contributed by atoms with Crippen LogP contribution in [0.1, 0.15) is 23.7 Å². The summed E-state index contributed by atoms with van der Waals surface area (Å²) in [7, 11) is 0. The van der Waals surface area contributed by atoms with Gasteiger partial charge in [0.1, 0.15) is 0 Å². The molecule has 0 saturated heterocycles. The third-order valence-corrected chi connectivity index (χ3v) is 2.38. The number of aryl methyl sites for hydroxylation is 1. The zero-order valence-corrected chi connectivity index (χ0v) is 8.38. The Morgan fingerprint density at radius 3 is 2.85 bits per heavy atom. The summed E-state index contributed by atoms with van der Waals surface area (Å²) in [6, 6.07) is 5.54. The number of rotatable bonds is 3. The average Bonchev–Trinajstić information content (AvgIpc) is 2.10. The maximum absolute atomic E-state index is 9.62. The molecule has 1 nitrogen and oxygen atoms in total. The Bertz CT molecular complexity index is 307. The molecule has 1 aromatic rings. The Balaban J connectivity index is 2.89. The molecule has 2 heteroatoms. The maximum Gasteiger partial charge on any atom is 0.0824 e. The lowest BCUT2D eigenvalue weighted by molar-refractivity contribution is 0.181. The minimum atomic E-state index is -0.464. The Morgan fingerprint density at radius 1 is 1.62 bits per heavy atom. The number of aliphatic hydroxyl groups excluding tert-OH is 1. The van der Waals surface area contributed by atoms with E-state index in [2.05, 4.69) is 6.58 Å². The van der Waals surface area contributed by atoms with E-state index in [0.29, 0.717) is 6.42 Å². The van der Waals surface area contributed by atoms with Crippen LogP contribution in [0.25, 0.3) is 0 Å². The summed E-state index contributed by atoms with van der Waals surface area (Å²) in [6.45, 7) is 5.50. The lowest BCUT2D eigenvalue weighted by Crippen LogP contribution is -1.95. The van der Waals surface area contributed by atoms with Crippen LogP contribution in [0.15, 0.2) is 30.9 Å². The van der Waals surface area contributed by atoms with Crippen molar-refractivity contribution >= 4 is 11.6 Å². The molecule has 0 radical (unpaired) electrons. The van der Waals surface area contributed by atoms with Crippen LogP contribution in [0.5, 0.6) is 0 Å². The highest BCUT2D eigenvalue weighted by Gasteiger charge is 2.06. The molecule has 0 spiro atoms. The molecule has 13 heavy (non-hydrogen) atoms. The van der Waals surface area contributed by atoms with Crippen molar-refractivity contribution in [3.05, 3.63) is 47.0 Å². The number of hydrogen-bond acceptors (Lipinski definition) is 1. The van der Waals surface area contributed by atoms with E-state index in [1.54, 1.807) is 12.1 Å². The first kappa shape index (κ1) is 10.3. The SMILES string of the molecule is C=CC[C@@H](O)c1ccc(Cl)c(C)c1. The molecule has 0 bridgehead atoms. The van der Waals surface area contributed by atoms with Crippen molar-refractivity contribution in [3.63, 3.8) is 0 Å². The first-order valence-electron chi connectivity index (χ1n) is 4.20. The zero-order chi connectivity index (χ0) is 9.84. The van der Waals surface area contributed by atoms with Crippen molar-refractivity contribution in [1.29, 1.82) is 0 Å². The lowest BCUT2D eigenvalue weighted by atomic mass is 10.0. The van der Waals surface area contributed by atoms with Gasteiger partial charge in [0.25, 0.3) is 0 Å². The van der Waals surface area contributed by atoms with E-state index in [1.807, 2.05) is 19.1 Å². The Hall–Kier alpha value is -0.790. The van der Waals surface area contributed by atoms with Crippen LogP contribution >= 0.6 is 11.6 Å². The Morgan fingerprint density at radius 2 is 2.31 bits per heavy atom. The highest BCUT2D eigenvalue weighted by molar-refractivity contribution is 6.31. The summed E-state index contributed by atoms with van der Waals surface area (Å²) in [5.74, 6) is 0. The normalized spacial score (nSPS) is 12.5. The molecule has 0 unspecified atom stereocenters. The molecule has 0 aliphatic rings. The topological polar surface area (TPSA) is 20.2 Å². The van der Waals surface area contributed by atoms with Gasteiger partial charge in [-0.05, 0) is 30.5 Å². The van der Waals surface area contributed by atoms with E-state index >= 15 is 0 Å². The second-order valence-electron chi connectivity index (χ2n) is 3.05. The minimum absolute atomic E-state index is 0.464. The van der Waals surface area contributed by atoms with Gasteiger partial charge in [-0.3, -0.25) is 0 Å². The van der Waals surface area contributed by atoms with E-state index in [4.69, 9.17) is 11.6 Å². The third-order valence-electron chi connectivity index (χ3n) is 1.96. The van der Waals surface area contributed by atoms with Crippen LogP contribution in [-0.4, -0.2) is 5.11 Å². The highest BCUT2D eigenvalue weighted by Crippen LogP contribution is 2.22. The molecule has 0 amide bonds. The highest BCUT2D eigenvalue weighted by atomic mass is 35.5. The van der Waals surface area contributed by atoms with Gasteiger partial charge in [-0.25, -0.2) is 0 Å². The molecule has 0 saturated carbocycles. The van der Waals surface area contributed by atoms with Crippen LogP contribution < -0.4 is 0 Å². The Labute approximate surface area is 83.7 Å². The maximum atomic E-state index is 9.62. The monoisotopic (exact) mass is 196 g/mol. The van der Waals surface area contributed by atoms with Crippen molar-refractivity contribution in [2.75, 3.05) is 0 Å². The minimum Gasteiger partial charge on any atom is -0.388 e. The van der Waals surface area contributed by atoms with Crippen molar-refractivity contribution < 1.29 is 5.11 Å². The number of hydrogen-bond donors (Lipinski definition) is 1. The summed E-state index contributed by atoms with van der Waals surface area (Å²) >= 11 is 5.86. The first-order valence-corrected chi connectivity index (χ1v) is 4.58. The van der Waals surface area contributed by atoms with Crippen LogP contribution in [0.3, 0.4) is 0 Å². The van der Waals surface area contributed by atoms with Crippen LogP contribution in [0.2, 0.25) is 5.02 Å². The third kappa shape index (κ3) is 2.58. The molecule has 70 valence electrons. The van der Waals surface area contributed by atoms with Crippen LogP contribution in [0, 0.1) is 6.92 Å². The molecule has 1 rings (SSSR count). The quantitative estimate of drug-likeness (QED) is 0.736. The molecule has 0 aliphatic carbocycles. The van der Waals surface area contributed by atoms with Gasteiger partial charge in [-0.15, -0.1) is 6.58 Å². The number of halogens is 1. The fourth-order valence-electron chi connectivity index (χ4n) is 1.17. The smallest absolute Gasteiger partial charge is 0.0824 e. The largest absolute Gasteiger partial charge is 0.388 e.